The molecule has 5 unspecified atom stereocenters. The molecule has 2 saturated heterocycles. The normalized spacial score (nSPS) is 27.7. The minimum absolute atomic E-state index is 0.0347. The van der Waals surface area contributed by atoms with Crippen molar-refractivity contribution in [2.75, 3.05) is 31.2 Å². The van der Waals surface area contributed by atoms with Crippen molar-refractivity contribution in [1.82, 2.24) is 54.1 Å². The summed E-state index contributed by atoms with van der Waals surface area (Å²) in [4.78, 5) is 78.5. The van der Waals surface area contributed by atoms with Crippen LogP contribution in [-0.4, -0.2) is 126 Å². The van der Waals surface area contributed by atoms with Crippen LogP contribution in [0.25, 0.3) is 22.3 Å². The van der Waals surface area contributed by atoms with Gasteiger partial charge in [-0.3, -0.25) is 51.9 Å². The molecule has 2 fully saturated rings. The minimum atomic E-state index is -5.66. The molecule has 5 aromatic heterocycles. The lowest BCUT2D eigenvalue weighted by Gasteiger charge is -2.31. The molecule has 7 heterocycles. The van der Waals surface area contributed by atoms with Crippen molar-refractivity contribution in [2.45, 2.75) is 61.8 Å². The average molecular weight is 909 g/mol. The summed E-state index contributed by atoms with van der Waals surface area (Å²) in [6.45, 7) is -2.39. The van der Waals surface area contributed by atoms with Crippen LogP contribution < -0.4 is 46.9 Å². The van der Waals surface area contributed by atoms with Gasteiger partial charge in [-0.25, -0.2) is 9.55 Å². The van der Waals surface area contributed by atoms with Crippen LogP contribution in [-0.2, 0) is 56.3 Å². The predicted octanol–water partition coefficient (Wildman–Crippen LogP) is -6.99. The number of hydrogen-bond acceptors (Lipinski definition) is 24. The number of anilines is 2. The standard InChI is InChI=1S/C26H37N14O17P3/c1-37-9-40(20-14(37)22(46)34-26(28)32-20)24-18(44)16(42)12(56-24)6-54-60(51,52)57-58(47,48)7-10-4-38(36-35-10)3-2-30-59(49,50)53-5-11-15(41)17(43)23(55-11)39-8-29-13-19(39)31-25(27)33-21(13)45/h4,8-9,11-12,15-18,23-24,41-44H,2-3,5-7H2,1H3,(H9-,27,28,30,31,32,33,34,45,46,47,48,49,50,51,52)/p-2/t11-,12-,15?,16?,17+,18+,23-,24-/m1/s1. The number of aliphatic hydroxyl groups is 4. The molecule has 31 nitrogen and oxygen atoms in total. The number of aromatic amines is 2. The fourth-order valence-corrected chi connectivity index (χ4v) is 9.70. The third-order valence-corrected chi connectivity index (χ3v) is 13.2. The van der Waals surface area contributed by atoms with E-state index in [4.69, 9.17) is 25.5 Å². The molecule has 0 aliphatic carbocycles. The number of rotatable bonds is 16. The van der Waals surface area contributed by atoms with E-state index < -0.39 is 103 Å². The summed E-state index contributed by atoms with van der Waals surface area (Å²) in [5.74, 6) is -0.512. The molecule has 0 spiro atoms. The summed E-state index contributed by atoms with van der Waals surface area (Å²) in [5.41, 5.74) is 9.41. The molecule has 0 amide bonds. The second kappa shape index (κ2) is 16.5. The maximum atomic E-state index is 12.6. The van der Waals surface area contributed by atoms with Gasteiger partial charge in [0.05, 0.1) is 45.0 Å². The Morgan fingerprint density at radius 3 is 2.37 bits per heavy atom. The zero-order valence-electron chi connectivity index (χ0n) is 30.5. The van der Waals surface area contributed by atoms with Gasteiger partial charge in [-0.15, -0.1) is 5.10 Å². The second-order valence-electron chi connectivity index (χ2n) is 13.4. The van der Waals surface area contributed by atoms with Gasteiger partial charge in [0.1, 0.15) is 44.2 Å². The molecular formula is C26H35N14O17P3-2. The number of fused-ring (bicyclic) bond motifs is 2. The molecule has 0 saturated carbocycles. The molecule has 0 aromatic carbocycles. The molecule has 328 valence electrons. The first-order valence-electron chi connectivity index (χ1n) is 17.2. The van der Waals surface area contributed by atoms with E-state index in [9.17, 15) is 58.4 Å². The zero-order valence-corrected chi connectivity index (χ0v) is 33.2. The number of H-pyrrole nitrogens is 2. The van der Waals surface area contributed by atoms with Crippen molar-refractivity contribution in [3.8, 4) is 0 Å². The van der Waals surface area contributed by atoms with E-state index in [0.717, 1.165) is 21.8 Å². The van der Waals surface area contributed by atoms with Crippen molar-refractivity contribution in [3.05, 3.63) is 45.3 Å². The Morgan fingerprint density at radius 1 is 0.950 bits per heavy atom. The third kappa shape index (κ3) is 9.11. The van der Waals surface area contributed by atoms with E-state index in [-0.39, 0.29) is 53.0 Å². The van der Waals surface area contributed by atoms with Gasteiger partial charge in [-0.05, 0) is 0 Å². The van der Waals surface area contributed by atoms with E-state index in [1.807, 2.05) is 0 Å². The van der Waals surface area contributed by atoms with Crippen LogP contribution in [0.1, 0.15) is 18.1 Å². The molecule has 34 heteroatoms. The maximum Gasteiger partial charge on any atom is 0.313 e. The number of aliphatic hydroxyl groups excluding tert-OH is 4. The summed E-state index contributed by atoms with van der Waals surface area (Å²) < 4.78 is 67.3. The first-order valence-corrected chi connectivity index (χ1v) is 21.9. The van der Waals surface area contributed by atoms with Crippen molar-refractivity contribution < 1.29 is 76.2 Å². The van der Waals surface area contributed by atoms with Crippen LogP contribution in [0, 0.1) is 0 Å². The molecular weight excluding hydrogens is 873 g/mol. The SMILES string of the molecule is Cn1c[n+]([C@@H]2O[C@H](COP(=O)([O-])OP(=O)([O-])Cc3cn(CCNP(=O)([O-])OC[C@H]4O[C@@H](n5cnc6c(=O)[nH]c(N)nc65)[C@@H](O)C4O)nn3)C(O)[C@@H]2O)c2nc(N)[nH]c(=O)c21. The van der Waals surface area contributed by atoms with Crippen molar-refractivity contribution in [3.63, 3.8) is 0 Å². The molecule has 5 aromatic rings. The number of nitrogens with one attached hydrogen (secondary N) is 3. The monoisotopic (exact) mass is 908 g/mol. The summed E-state index contributed by atoms with van der Waals surface area (Å²) in [7, 11) is -14.3. The number of nitrogens with zero attached hydrogens (tertiary/aromatic N) is 9. The fourth-order valence-electron chi connectivity index (χ4n) is 6.38. The lowest BCUT2D eigenvalue weighted by atomic mass is 10.1. The molecule has 2 aliphatic rings. The molecule has 2 aliphatic heterocycles. The lowest BCUT2D eigenvalue weighted by molar-refractivity contribution is -0.745. The Kier molecular flexibility index (Phi) is 12.0. The number of ether oxygens (including phenoxy) is 2. The van der Waals surface area contributed by atoms with Gasteiger partial charge >= 0.3 is 5.65 Å². The van der Waals surface area contributed by atoms with E-state index >= 15 is 0 Å². The predicted molar refractivity (Wildman–Crippen MR) is 188 cm³/mol. The van der Waals surface area contributed by atoms with E-state index in [1.165, 1.54) is 22.5 Å². The highest BCUT2D eigenvalue weighted by atomic mass is 31.3. The lowest BCUT2D eigenvalue weighted by Crippen LogP contribution is -2.46. The number of nitrogen functional groups attached to an aromatic ring is 2. The number of phosphoric acid groups is 1. The molecule has 0 bridgehead atoms. The van der Waals surface area contributed by atoms with E-state index in [2.05, 4.69) is 49.2 Å². The van der Waals surface area contributed by atoms with Gasteiger partial charge in [0, 0.05) is 12.7 Å². The Hall–Kier alpha value is -4.39. The maximum absolute atomic E-state index is 12.6. The average Bonchev–Trinajstić information content (AvgIpc) is 3.95. The fraction of sp³-hybridized carbons (Fsp3) is 0.538. The minimum Gasteiger partial charge on any atom is -0.778 e. The number of nitrogens with two attached hydrogens (primary N) is 2. The summed E-state index contributed by atoms with van der Waals surface area (Å²) in [6.07, 6.45) is -10.0. The van der Waals surface area contributed by atoms with Crippen LogP contribution in [0.15, 0.2) is 28.4 Å². The first kappa shape index (κ1) is 43.7. The summed E-state index contributed by atoms with van der Waals surface area (Å²) in [5, 5.41) is 51.6. The van der Waals surface area contributed by atoms with Gasteiger partial charge in [0.15, 0.2) is 23.7 Å². The largest absolute Gasteiger partial charge is 0.778 e. The quantitative estimate of drug-likeness (QED) is 0.0328. The second-order valence-corrected chi connectivity index (χ2v) is 18.3. The Labute approximate surface area is 332 Å². The number of aryl methyl sites for hydroxylation is 1. The van der Waals surface area contributed by atoms with Crippen molar-refractivity contribution in [2.24, 2.45) is 7.05 Å². The van der Waals surface area contributed by atoms with Crippen molar-refractivity contribution >= 4 is 57.4 Å². The van der Waals surface area contributed by atoms with Crippen LogP contribution in [0.3, 0.4) is 0 Å². The topological polar surface area (TPSA) is 460 Å². The molecule has 11 atom stereocenters. The number of aromatic nitrogens is 11. The van der Waals surface area contributed by atoms with Crippen LogP contribution in [0.4, 0.5) is 11.9 Å². The Balaban J connectivity index is 0.868. The van der Waals surface area contributed by atoms with Crippen LogP contribution in [0.5, 0.6) is 0 Å². The zero-order chi connectivity index (χ0) is 43.5. The smallest absolute Gasteiger partial charge is 0.313 e. The molecule has 11 N–H and O–H groups in total. The highest BCUT2D eigenvalue weighted by molar-refractivity contribution is 7.62. The van der Waals surface area contributed by atoms with Crippen LogP contribution >= 0.6 is 23.2 Å². The van der Waals surface area contributed by atoms with Gasteiger partial charge in [-0.2, -0.15) is 4.98 Å². The van der Waals surface area contributed by atoms with Gasteiger partial charge in [0.25, 0.3) is 24.9 Å². The van der Waals surface area contributed by atoms with Gasteiger partial charge in [0.2, 0.25) is 25.4 Å². The number of imidazole rings is 2. The van der Waals surface area contributed by atoms with Gasteiger partial charge < -0.3 is 69.7 Å². The Morgan fingerprint density at radius 2 is 1.62 bits per heavy atom. The number of phosphoric ester groups is 1. The summed E-state index contributed by atoms with van der Waals surface area (Å²) >= 11 is 0. The van der Waals surface area contributed by atoms with Crippen LogP contribution in [0.2, 0.25) is 0 Å². The van der Waals surface area contributed by atoms with Gasteiger partial charge in [-0.1, -0.05) is 10.2 Å². The summed E-state index contributed by atoms with van der Waals surface area (Å²) in [6, 6.07) is 0. The van der Waals surface area contributed by atoms with E-state index in [1.54, 1.807) is 0 Å². The highest BCUT2D eigenvalue weighted by Crippen LogP contribution is 2.56. The van der Waals surface area contributed by atoms with Crippen molar-refractivity contribution in [1.29, 1.82) is 0 Å². The Bertz CT molecular complexity index is 2670. The van der Waals surface area contributed by atoms with E-state index in [0.29, 0.717) is 0 Å². The number of hydrogen-bond donors (Lipinski definition) is 9. The molecule has 60 heavy (non-hydrogen) atoms. The molecule has 7 rings (SSSR count). The first-order chi connectivity index (χ1) is 28.1. The highest BCUT2D eigenvalue weighted by Gasteiger charge is 2.48. The third-order valence-electron chi connectivity index (χ3n) is 9.08. The molecule has 0 radical (unpaired) electrons.